The summed E-state index contributed by atoms with van der Waals surface area (Å²) in [6, 6.07) is 13.8. The Labute approximate surface area is 141 Å². The Morgan fingerprint density at radius 1 is 1.09 bits per heavy atom. The van der Waals surface area contributed by atoms with Crippen LogP contribution in [0.3, 0.4) is 0 Å². The Balaban J connectivity index is 1.90. The lowest BCUT2D eigenvalue weighted by molar-refractivity contribution is 0.414. The second-order valence-corrected chi connectivity index (χ2v) is 8.20. The van der Waals surface area contributed by atoms with E-state index in [9.17, 15) is 8.42 Å². The average Bonchev–Trinajstić information content (AvgIpc) is 3.31. The fourth-order valence-electron chi connectivity index (χ4n) is 3.09. The number of benzene rings is 2. The SMILES string of the molecule is COc1ccc([C@@H]2[C@H](CN)[C@@H]2S(=O)(=O)c2ccc(Cl)cc2)cc1. The lowest BCUT2D eigenvalue weighted by atomic mass is 10.1. The summed E-state index contributed by atoms with van der Waals surface area (Å²) in [5.41, 5.74) is 6.77. The molecular weight excluding hydrogens is 334 g/mol. The summed E-state index contributed by atoms with van der Waals surface area (Å²) in [6.07, 6.45) is 0. The van der Waals surface area contributed by atoms with E-state index < -0.39 is 15.1 Å². The average molecular weight is 352 g/mol. The van der Waals surface area contributed by atoms with Crippen LogP contribution in [0.4, 0.5) is 0 Å². The van der Waals surface area contributed by atoms with Gasteiger partial charge in [-0.25, -0.2) is 8.42 Å². The molecule has 122 valence electrons. The lowest BCUT2D eigenvalue weighted by Gasteiger charge is -2.05. The van der Waals surface area contributed by atoms with Gasteiger partial charge in [-0.3, -0.25) is 0 Å². The van der Waals surface area contributed by atoms with Crippen molar-refractivity contribution >= 4 is 21.4 Å². The maximum Gasteiger partial charge on any atom is 0.182 e. The Hall–Kier alpha value is -1.56. The van der Waals surface area contributed by atoms with E-state index in [0.717, 1.165) is 11.3 Å². The molecule has 0 heterocycles. The van der Waals surface area contributed by atoms with Crippen LogP contribution in [0.1, 0.15) is 11.5 Å². The van der Waals surface area contributed by atoms with Gasteiger partial charge in [0.25, 0.3) is 0 Å². The summed E-state index contributed by atoms with van der Waals surface area (Å²) >= 11 is 5.84. The van der Waals surface area contributed by atoms with Crippen molar-refractivity contribution in [3.8, 4) is 5.75 Å². The molecule has 0 bridgehead atoms. The standard InChI is InChI=1S/C17H18ClNO3S/c1-22-13-6-2-11(3-7-13)16-15(10-19)17(16)23(20,21)14-8-4-12(18)5-9-14/h2-9,15-17H,10,19H2,1H3/t15-,16+,17-/m0/s1. The molecule has 0 spiro atoms. The van der Waals surface area contributed by atoms with Crippen molar-refractivity contribution in [2.24, 2.45) is 11.7 Å². The molecule has 3 rings (SSSR count). The van der Waals surface area contributed by atoms with Crippen LogP contribution in [0.15, 0.2) is 53.4 Å². The van der Waals surface area contributed by atoms with Crippen LogP contribution >= 0.6 is 11.6 Å². The maximum absolute atomic E-state index is 12.9. The smallest absolute Gasteiger partial charge is 0.182 e. The predicted molar refractivity (Wildman–Crippen MR) is 90.7 cm³/mol. The zero-order valence-corrected chi connectivity index (χ0v) is 14.2. The summed E-state index contributed by atoms with van der Waals surface area (Å²) in [5, 5.41) is 0.0314. The molecule has 0 radical (unpaired) electrons. The molecule has 1 fully saturated rings. The Kier molecular flexibility index (Phi) is 4.36. The number of ether oxygens (including phenoxy) is 1. The van der Waals surface area contributed by atoms with E-state index in [4.69, 9.17) is 22.1 Å². The van der Waals surface area contributed by atoms with Crippen LogP contribution in [0.25, 0.3) is 0 Å². The van der Waals surface area contributed by atoms with Crippen molar-refractivity contribution in [2.75, 3.05) is 13.7 Å². The summed E-state index contributed by atoms with van der Waals surface area (Å²) in [4.78, 5) is 0.293. The molecule has 2 aromatic rings. The zero-order chi connectivity index (χ0) is 16.6. The van der Waals surface area contributed by atoms with Crippen LogP contribution in [0.2, 0.25) is 5.02 Å². The molecule has 0 unspecified atom stereocenters. The minimum absolute atomic E-state index is 0.0657. The van der Waals surface area contributed by atoms with E-state index in [-0.39, 0.29) is 11.8 Å². The van der Waals surface area contributed by atoms with E-state index >= 15 is 0 Å². The first kappa shape index (κ1) is 16.3. The number of hydrogen-bond acceptors (Lipinski definition) is 4. The molecule has 3 atom stereocenters. The topological polar surface area (TPSA) is 69.4 Å². The van der Waals surface area contributed by atoms with Crippen molar-refractivity contribution in [3.05, 3.63) is 59.1 Å². The normalized spacial score (nSPS) is 23.5. The fourth-order valence-corrected chi connectivity index (χ4v) is 5.44. The molecule has 2 N–H and O–H groups in total. The molecule has 2 aromatic carbocycles. The predicted octanol–water partition coefficient (Wildman–Crippen LogP) is 2.86. The Bertz CT molecular complexity index is 788. The first-order valence-corrected chi connectivity index (χ1v) is 9.25. The van der Waals surface area contributed by atoms with Gasteiger partial charge < -0.3 is 10.5 Å². The van der Waals surface area contributed by atoms with Gasteiger partial charge in [0.1, 0.15) is 5.75 Å². The molecule has 1 aliphatic rings. The highest BCUT2D eigenvalue weighted by Gasteiger charge is 2.57. The second kappa shape index (κ2) is 6.15. The molecule has 23 heavy (non-hydrogen) atoms. The van der Waals surface area contributed by atoms with Crippen molar-refractivity contribution in [1.29, 1.82) is 0 Å². The molecule has 1 aliphatic carbocycles. The van der Waals surface area contributed by atoms with Gasteiger partial charge in [0.15, 0.2) is 9.84 Å². The number of rotatable bonds is 5. The van der Waals surface area contributed by atoms with Gasteiger partial charge in [-0.05, 0) is 54.4 Å². The van der Waals surface area contributed by atoms with Gasteiger partial charge in [-0.1, -0.05) is 23.7 Å². The van der Waals surface area contributed by atoms with Crippen LogP contribution in [-0.2, 0) is 9.84 Å². The van der Waals surface area contributed by atoms with Crippen molar-refractivity contribution in [1.82, 2.24) is 0 Å². The van der Waals surface area contributed by atoms with Gasteiger partial charge in [-0.15, -0.1) is 0 Å². The van der Waals surface area contributed by atoms with Crippen LogP contribution in [-0.4, -0.2) is 27.3 Å². The quantitative estimate of drug-likeness (QED) is 0.899. The Morgan fingerprint density at radius 2 is 1.70 bits per heavy atom. The number of halogens is 1. The fraction of sp³-hybridized carbons (Fsp3) is 0.294. The van der Waals surface area contributed by atoms with Crippen molar-refractivity contribution in [3.63, 3.8) is 0 Å². The lowest BCUT2D eigenvalue weighted by Crippen LogP contribution is -2.13. The van der Waals surface area contributed by atoms with Crippen LogP contribution < -0.4 is 10.5 Å². The third-order valence-corrected chi connectivity index (χ3v) is 6.91. The number of nitrogens with two attached hydrogens (primary N) is 1. The monoisotopic (exact) mass is 351 g/mol. The minimum Gasteiger partial charge on any atom is -0.497 e. The van der Waals surface area contributed by atoms with E-state index in [1.165, 1.54) is 0 Å². The molecule has 6 heteroatoms. The van der Waals surface area contributed by atoms with E-state index in [0.29, 0.717) is 16.5 Å². The highest BCUT2D eigenvalue weighted by molar-refractivity contribution is 7.92. The van der Waals surface area contributed by atoms with Gasteiger partial charge in [0.2, 0.25) is 0 Å². The zero-order valence-electron chi connectivity index (χ0n) is 12.6. The van der Waals surface area contributed by atoms with Crippen molar-refractivity contribution < 1.29 is 13.2 Å². The third-order valence-electron chi connectivity index (χ3n) is 4.37. The summed E-state index contributed by atoms with van der Waals surface area (Å²) in [7, 11) is -1.83. The maximum atomic E-state index is 12.9. The molecule has 4 nitrogen and oxygen atoms in total. The van der Waals surface area contributed by atoms with E-state index in [1.807, 2.05) is 24.3 Å². The molecule has 0 aliphatic heterocycles. The summed E-state index contributed by atoms with van der Waals surface area (Å²) in [6.45, 7) is 0.341. The summed E-state index contributed by atoms with van der Waals surface area (Å²) in [5.74, 6) is 0.603. The van der Waals surface area contributed by atoms with E-state index in [2.05, 4.69) is 0 Å². The Morgan fingerprint density at radius 3 is 2.22 bits per heavy atom. The second-order valence-electron chi connectivity index (χ2n) is 5.66. The van der Waals surface area contributed by atoms with Gasteiger partial charge >= 0.3 is 0 Å². The van der Waals surface area contributed by atoms with E-state index in [1.54, 1.807) is 31.4 Å². The van der Waals surface area contributed by atoms with Crippen LogP contribution in [0.5, 0.6) is 5.75 Å². The first-order chi connectivity index (χ1) is 11.0. The summed E-state index contributed by atoms with van der Waals surface area (Å²) < 4.78 is 30.9. The highest BCUT2D eigenvalue weighted by atomic mass is 35.5. The highest BCUT2D eigenvalue weighted by Crippen LogP contribution is 2.53. The minimum atomic E-state index is -3.43. The number of sulfone groups is 1. The largest absolute Gasteiger partial charge is 0.497 e. The van der Waals surface area contributed by atoms with Crippen molar-refractivity contribution in [2.45, 2.75) is 16.1 Å². The third kappa shape index (κ3) is 2.96. The first-order valence-electron chi connectivity index (χ1n) is 7.32. The molecule has 0 amide bonds. The molecular formula is C17H18ClNO3S. The van der Waals surface area contributed by atoms with Gasteiger partial charge in [-0.2, -0.15) is 0 Å². The van der Waals surface area contributed by atoms with Gasteiger partial charge in [0.05, 0.1) is 17.3 Å². The van der Waals surface area contributed by atoms with Gasteiger partial charge in [0, 0.05) is 10.9 Å². The molecule has 1 saturated carbocycles. The molecule has 0 saturated heterocycles. The molecule has 0 aromatic heterocycles. The number of hydrogen-bond donors (Lipinski definition) is 1. The van der Waals surface area contributed by atoms with Crippen LogP contribution in [0, 0.1) is 5.92 Å². The number of methoxy groups -OCH3 is 1.